The van der Waals surface area contributed by atoms with Crippen molar-refractivity contribution < 1.29 is 0 Å². The Morgan fingerprint density at radius 1 is 1.24 bits per heavy atom. The smallest absolute Gasteiger partial charge is 0.0359 e. The highest BCUT2D eigenvalue weighted by atomic mass is 15.0. The summed E-state index contributed by atoms with van der Waals surface area (Å²) in [6.07, 6.45) is 3.33. The van der Waals surface area contributed by atoms with Crippen molar-refractivity contribution in [3.63, 3.8) is 0 Å². The number of hydrogen-bond donors (Lipinski definition) is 1. The van der Waals surface area contributed by atoms with Crippen molar-refractivity contribution in [1.29, 1.82) is 0 Å². The van der Waals surface area contributed by atoms with Crippen LogP contribution in [0.4, 0.5) is 0 Å². The van der Waals surface area contributed by atoms with E-state index in [9.17, 15) is 0 Å². The highest BCUT2D eigenvalue weighted by Crippen LogP contribution is 2.33. The number of nitrogens with one attached hydrogen (secondary N) is 1. The minimum absolute atomic E-state index is 0.714. The van der Waals surface area contributed by atoms with Crippen molar-refractivity contribution in [2.45, 2.75) is 18.9 Å². The van der Waals surface area contributed by atoms with Gasteiger partial charge in [0, 0.05) is 37.9 Å². The van der Waals surface area contributed by atoms with Crippen LogP contribution in [0.2, 0.25) is 0 Å². The summed E-state index contributed by atoms with van der Waals surface area (Å²) in [6.45, 7) is 2.05. The molecule has 0 aliphatic heterocycles. The Hall–Kier alpha value is -1.54. The average molecular weight is 226 g/mol. The van der Waals surface area contributed by atoms with E-state index in [1.165, 1.54) is 23.2 Å². The third kappa shape index (κ3) is 2.01. The number of hydrogen-bond acceptors (Lipinski definition) is 1. The van der Waals surface area contributed by atoms with E-state index in [2.05, 4.69) is 59.5 Å². The second kappa shape index (κ2) is 4.38. The Kier molecular flexibility index (Phi) is 2.73. The summed E-state index contributed by atoms with van der Waals surface area (Å²) in [5, 5.41) is 3.55. The van der Waals surface area contributed by atoms with Gasteiger partial charge in [0.15, 0.2) is 0 Å². The van der Waals surface area contributed by atoms with E-state index < -0.39 is 0 Å². The molecule has 0 spiro atoms. The summed E-state index contributed by atoms with van der Waals surface area (Å²) in [5.41, 5.74) is 4.41. The molecule has 1 heterocycles. The molecule has 0 amide bonds. The molecule has 3 rings (SSSR count). The molecule has 1 aliphatic carbocycles. The Labute approximate surface area is 102 Å². The van der Waals surface area contributed by atoms with E-state index in [-0.39, 0.29) is 0 Å². The summed E-state index contributed by atoms with van der Waals surface area (Å²) >= 11 is 0. The molecular formula is C15H18N2. The van der Waals surface area contributed by atoms with Gasteiger partial charge in [0.25, 0.3) is 0 Å². The molecule has 0 saturated heterocycles. The fourth-order valence-corrected chi connectivity index (χ4v) is 2.60. The standard InChI is InChI=1S/C15H18N2/c1-17-8-4-6-14(17)11-16-10-13-9-12-5-2-3-7-15(12)13/h2-8,13,16H,9-11H2,1H3. The van der Waals surface area contributed by atoms with Gasteiger partial charge in [-0.25, -0.2) is 0 Å². The van der Waals surface area contributed by atoms with E-state index in [0.717, 1.165) is 13.1 Å². The summed E-state index contributed by atoms with van der Waals surface area (Å²) in [5.74, 6) is 0.714. The zero-order valence-corrected chi connectivity index (χ0v) is 10.2. The molecule has 1 aromatic heterocycles. The van der Waals surface area contributed by atoms with Crippen molar-refractivity contribution in [1.82, 2.24) is 9.88 Å². The third-order valence-electron chi connectivity index (χ3n) is 3.71. The Morgan fingerprint density at radius 3 is 2.88 bits per heavy atom. The van der Waals surface area contributed by atoms with Gasteiger partial charge in [0.1, 0.15) is 0 Å². The number of aromatic nitrogens is 1. The molecule has 1 aliphatic rings. The normalized spacial score (nSPS) is 17.6. The van der Waals surface area contributed by atoms with Crippen molar-refractivity contribution in [3.05, 3.63) is 59.4 Å². The van der Waals surface area contributed by atoms with Crippen LogP contribution < -0.4 is 5.32 Å². The molecule has 0 bridgehead atoms. The van der Waals surface area contributed by atoms with E-state index in [1.54, 1.807) is 0 Å². The summed E-state index contributed by atoms with van der Waals surface area (Å²) in [6, 6.07) is 13.0. The first kappa shape index (κ1) is 10.6. The van der Waals surface area contributed by atoms with Crippen LogP contribution in [0, 0.1) is 0 Å². The van der Waals surface area contributed by atoms with Gasteiger partial charge in [0.2, 0.25) is 0 Å². The van der Waals surface area contributed by atoms with Crippen LogP contribution >= 0.6 is 0 Å². The quantitative estimate of drug-likeness (QED) is 0.847. The number of rotatable bonds is 4. The fraction of sp³-hybridized carbons (Fsp3) is 0.333. The average Bonchev–Trinajstić information content (AvgIpc) is 2.71. The highest BCUT2D eigenvalue weighted by Gasteiger charge is 2.24. The summed E-state index contributed by atoms with van der Waals surface area (Å²) < 4.78 is 2.17. The second-order valence-electron chi connectivity index (χ2n) is 4.84. The van der Waals surface area contributed by atoms with Gasteiger partial charge >= 0.3 is 0 Å². The molecule has 1 atom stereocenters. The zero-order valence-electron chi connectivity index (χ0n) is 10.2. The Bertz CT molecular complexity index is 513. The van der Waals surface area contributed by atoms with Crippen LogP contribution in [0.3, 0.4) is 0 Å². The minimum atomic E-state index is 0.714. The Morgan fingerprint density at radius 2 is 2.12 bits per heavy atom. The number of nitrogens with zero attached hydrogens (tertiary/aromatic N) is 1. The molecule has 88 valence electrons. The zero-order chi connectivity index (χ0) is 11.7. The lowest BCUT2D eigenvalue weighted by Gasteiger charge is -2.30. The molecular weight excluding hydrogens is 208 g/mol. The molecule has 17 heavy (non-hydrogen) atoms. The SMILES string of the molecule is Cn1cccc1CNCC1Cc2ccccc21. The van der Waals surface area contributed by atoms with Crippen molar-refractivity contribution >= 4 is 0 Å². The lowest BCUT2D eigenvalue weighted by atomic mass is 9.77. The molecule has 1 unspecified atom stereocenters. The van der Waals surface area contributed by atoms with Gasteiger partial charge in [-0.3, -0.25) is 0 Å². The maximum atomic E-state index is 3.55. The molecule has 2 aromatic rings. The van der Waals surface area contributed by atoms with Gasteiger partial charge in [0.05, 0.1) is 0 Å². The third-order valence-corrected chi connectivity index (χ3v) is 3.71. The predicted octanol–water partition coefficient (Wildman–Crippen LogP) is 2.45. The Balaban J connectivity index is 1.53. The van der Waals surface area contributed by atoms with Gasteiger partial charge in [-0.15, -0.1) is 0 Å². The molecule has 2 heteroatoms. The van der Waals surface area contributed by atoms with Crippen LogP contribution in [-0.4, -0.2) is 11.1 Å². The van der Waals surface area contributed by atoms with Crippen LogP contribution in [0.25, 0.3) is 0 Å². The van der Waals surface area contributed by atoms with Crippen molar-refractivity contribution in [2.24, 2.45) is 7.05 Å². The molecule has 2 nitrogen and oxygen atoms in total. The fourth-order valence-electron chi connectivity index (χ4n) is 2.60. The highest BCUT2D eigenvalue weighted by molar-refractivity contribution is 5.40. The second-order valence-corrected chi connectivity index (χ2v) is 4.84. The van der Waals surface area contributed by atoms with E-state index in [0.29, 0.717) is 5.92 Å². The molecule has 0 saturated carbocycles. The van der Waals surface area contributed by atoms with Gasteiger partial charge in [-0.2, -0.15) is 0 Å². The van der Waals surface area contributed by atoms with E-state index >= 15 is 0 Å². The number of fused-ring (bicyclic) bond motifs is 1. The summed E-state index contributed by atoms with van der Waals surface area (Å²) in [4.78, 5) is 0. The van der Waals surface area contributed by atoms with E-state index in [1.807, 2.05) is 0 Å². The molecule has 0 fully saturated rings. The maximum absolute atomic E-state index is 3.55. The first-order valence-electron chi connectivity index (χ1n) is 6.23. The van der Waals surface area contributed by atoms with Crippen LogP contribution in [0.5, 0.6) is 0 Å². The number of aryl methyl sites for hydroxylation is 1. The van der Waals surface area contributed by atoms with Gasteiger partial charge in [-0.1, -0.05) is 24.3 Å². The molecule has 1 aromatic carbocycles. The minimum Gasteiger partial charge on any atom is -0.353 e. The lowest BCUT2D eigenvalue weighted by Crippen LogP contribution is -2.29. The maximum Gasteiger partial charge on any atom is 0.0359 e. The van der Waals surface area contributed by atoms with Crippen LogP contribution in [-0.2, 0) is 20.0 Å². The largest absolute Gasteiger partial charge is 0.353 e. The first-order chi connectivity index (χ1) is 8.34. The topological polar surface area (TPSA) is 17.0 Å². The van der Waals surface area contributed by atoms with Crippen LogP contribution in [0.15, 0.2) is 42.6 Å². The van der Waals surface area contributed by atoms with Crippen LogP contribution in [0.1, 0.15) is 22.7 Å². The van der Waals surface area contributed by atoms with Gasteiger partial charge < -0.3 is 9.88 Å². The number of benzene rings is 1. The first-order valence-corrected chi connectivity index (χ1v) is 6.23. The van der Waals surface area contributed by atoms with Crippen molar-refractivity contribution in [3.8, 4) is 0 Å². The summed E-state index contributed by atoms with van der Waals surface area (Å²) in [7, 11) is 2.09. The van der Waals surface area contributed by atoms with Gasteiger partial charge in [-0.05, 0) is 29.7 Å². The monoisotopic (exact) mass is 226 g/mol. The lowest BCUT2D eigenvalue weighted by molar-refractivity contribution is 0.528. The van der Waals surface area contributed by atoms with E-state index in [4.69, 9.17) is 0 Å². The predicted molar refractivity (Wildman–Crippen MR) is 70.0 cm³/mol. The molecule has 0 radical (unpaired) electrons. The molecule has 1 N–H and O–H groups in total. The van der Waals surface area contributed by atoms with Crippen molar-refractivity contribution in [2.75, 3.05) is 6.54 Å².